The Kier molecular flexibility index (Phi) is 3.23. The number of carbonyl (C=O) groups is 1. The quantitative estimate of drug-likeness (QED) is 0.828. The number of likely N-dealkylation sites (tertiary alicyclic amines) is 1. The van der Waals surface area contributed by atoms with E-state index in [0.717, 1.165) is 31.6 Å². The number of imidazole rings is 1. The van der Waals surface area contributed by atoms with Crippen molar-refractivity contribution >= 4 is 11.6 Å². The van der Waals surface area contributed by atoms with Crippen molar-refractivity contribution in [1.29, 1.82) is 0 Å². The molecular formula is C15H19N3O. The molecule has 19 heavy (non-hydrogen) atoms. The summed E-state index contributed by atoms with van der Waals surface area (Å²) in [4.78, 5) is 18.2. The van der Waals surface area contributed by atoms with Gasteiger partial charge in [0, 0.05) is 43.5 Å². The van der Waals surface area contributed by atoms with Gasteiger partial charge in [-0.05, 0) is 25.0 Å². The highest BCUT2D eigenvalue weighted by atomic mass is 16.2. The van der Waals surface area contributed by atoms with E-state index in [1.807, 2.05) is 30.3 Å². The molecule has 4 heteroatoms. The fourth-order valence-electron chi connectivity index (χ4n) is 2.97. The number of pyridine rings is 1. The van der Waals surface area contributed by atoms with Crippen molar-refractivity contribution in [3.05, 3.63) is 36.3 Å². The van der Waals surface area contributed by atoms with Crippen LogP contribution in [0, 0.1) is 0 Å². The van der Waals surface area contributed by atoms with Gasteiger partial charge >= 0.3 is 0 Å². The summed E-state index contributed by atoms with van der Waals surface area (Å²) in [5, 5.41) is 0. The van der Waals surface area contributed by atoms with Gasteiger partial charge in [-0.1, -0.05) is 13.0 Å². The molecule has 1 aliphatic heterocycles. The van der Waals surface area contributed by atoms with Crippen LogP contribution in [0.1, 0.15) is 37.8 Å². The lowest BCUT2D eigenvalue weighted by Gasteiger charge is -2.33. The predicted octanol–water partition coefficient (Wildman–Crippen LogP) is 2.45. The molecule has 1 fully saturated rings. The molecule has 4 nitrogen and oxygen atoms in total. The molecule has 0 aliphatic carbocycles. The number of amides is 1. The summed E-state index contributed by atoms with van der Waals surface area (Å²) in [7, 11) is 0. The summed E-state index contributed by atoms with van der Waals surface area (Å²) < 4.78 is 2.14. The van der Waals surface area contributed by atoms with E-state index in [1.165, 1.54) is 5.69 Å². The summed E-state index contributed by atoms with van der Waals surface area (Å²) >= 11 is 0. The third-order valence-corrected chi connectivity index (χ3v) is 3.95. The van der Waals surface area contributed by atoms with Crippen LogP contribution in [-0.4, -0.2) is 33.3 Å². The number of rotatable bonds is 2. The van der Waals surface area contributed by atoms with E-state index in [9.17, 15) is 4.79 Å². The van der Waals surface area contributed by atoms with Gasteiger partial charge in [-0.15, -0.1) is 0 Å². The first-order chi connectivity index (χ1) is 9.29. The van der Waals surface area contributed by atoms with Gasteiger partial charge < -0.3 is 9.30 Å². The molecule has 0 aromatic carbocycles. The second kappa shape index (κ2) is 5.03. The third kappa shape index (κ3) is 2.23. The maximum absolute atomic E-state index is 11.9. The average Bonchev–Trinajstić information content (AvgIpc) is 2.94. The third-order valence-electron chi connectivity index (χ3n) is 3.95. The highest BCUT2D eigenvalue weighted by molar-refractivity contribution is 5.76. The number of hydrogen-bond donors (Lipinski definition) is 0. The monoisotopic (exact) mass is 257 g/mol. The Morgan fingerprint density at radius 2 is 2.37 bits per heavy atom. The number of aromatic nitrogens is 2. The number of fused-ring (bicyclic) bond motifs is 1. The minimum atomic E-state index is 0.266. The molecule has 3 heterocycles. The molecule has 2 aromatic heterocycles. The number of carbonyl (C=O) groups excluding carboxylic acids is 1. The van der Waals surface area contributed by atoms with Crippen molar-refractivity contribution in [1.82, 2.24) is 14.3 Å². The molecular weight excluding hydrogens is 238 g/mol. The molecule has 2 aromatic rings. The van der Waals surface area contributed by atoms with Crippen LogP contribution in [-0.2, 0) is 4.79 Å². The lowest BCUT2D eigenvalue weighted by atomic mass is 9.94. The van der Waals surface area contributed by atoms with Crippen LogP contribution in [0.5, 0.6) is 0 Å². The highest BCUT2D eigenvalue weighted by Gasteiger charge is 2.25. The van der Waals surface area contributed by atoms with Crippen molar-refractivity contribution in [3.63, 3.8) is 0 Å². The van der Waals surface area contributed by atoms with Crippen LogP contribution in [0.3, 0.4) is 0 Å². The van der Waals surface area contributed by atoms with Crippen molar-refractivity contribution in [2.24, 2.45) is 0 Å². The first-order valence-electron chi connectivity index (χ1n) is 6.99. The molecule has 1 amide bonds. The van der Waals surface area contributed by atoms with E-state index in [4.69, 9.17) is 0 Å². The Morgan fingerprint density at radius 1 is 1.47 bits per heavy atom. The van der Waals surface area contributed by atoms with Gasteiger partial charge in [-0.3, -0.25) is 4.79 Å². The van der Waals surface area contributed by atoms with Crippen molar-refractivity contribution < 1.29 is 4.79 Å². The van der Waals surface area contributed by atoms with Gasteiger partial charge in [-0.25, -0.2) is 4.98 Å². The molecule has 0 unspecified atom stereocenters. The standard InChI is InChI=1S/C15H19N3O/c1-2-15(19)17-9-4-5-12(11-17)13-6-3-7-14-16-8-10-18(13)14/h3,6-8,10,12H,2,4-5,9,11H2,1H3/t12-/m0/s1. The molecule has 1 aliphatic rings. The van der Waals surface area contributed by atoms with E-state index in [-0.39, 0.29) is 5.91 Å². The molecule has 0 N–H and O–H groups in total. The van der Waals surface area contributed by atoms with Gasteiger partial charge in [0.05, 0.1) is 0 Å². The molecule has 3 rings (SSSR count). The topological polar surface area (TPSA) is 37.6 Å². The molecule has 0 bridgehead atoms. The van der Waals surface area contributed by atoms with E-state index in [1.54, 1.807) is 0 Å². The largest absolute Gasteiger partial charge is 0.342 e. The first-order valence-corrected chi connectivity index (χ1v) is 6.99. The Bertz CT molecular complexity index is 590. The Hall–Kier alpha value is -1.84. The molecule has 0 saturated carbocycles. The summed E-state index contributed by atoms with van der Waals surface area (Å²) in [5.74, 6) is 0.685. The fourth-order valence-corrected chi connectivity index (χ4v) is 2.97. The van der Waals surface area contributed by atoms with Crippen LogP contribution in [0.2, 0.25) is 0 Å². The second-order valence-electron chi connectivity index (χ2n) is 5.14. The number of piperidine rings is 1. The Morgan fingerprint density at radius 3 is 3.21 bits per heavy atom. The zero-order valence-electron chi connectivity index (χ0n) is 11.2. The zero-order chi connectivity index (χ0) is 13.2. The molecule has 100 valence electrons. The van der Waals surface area contributed by atoms with Crippen molar-refractivity contribution in [2.45, 2.75) is 32.1 Å². The van der Waals surface area contributed by atoms with Gasteiger partial charge in [0.1, 0.15) is 5.65 Å². The van der Waals surface area contributed by atoms with Crippen LogP contribution in [0.25, 0.3) is 5.65 Å². The van der Waals surface area contributed by atoms with Crippen molar-refractivity contribution in [2.75, 3.05) is 13.1 Å². The van der Waals surface area contributed by atoms with Crippen LogP contribution < -0.4 is 0 Å². The molecule has 0 spiro atoms. The fraction of sp³-hybridized carbons (Fsp3) is 0.467. The molecule has 1 saturated heterocycles. The van der Waals surface area contributed by atoms with E-state index < -0.39 is 0 Å². The van der Waals surface area contributed by atoms with E-state index in [0.29, 0.717) is 12.3 Å². The van der Waals surface area contributed by atoms with E-state index in [2.05, 4.69) is 21.5 Å². The SMILES string of the molecule is CCC(=O)N1CCC[C@H](c2cccc3nccn23)C1. The molecule has 0 radical (unpaired) electrons. The summed E-state index contributed by atoms with van der Waals surface area (Å²) in [6, 6.07) is 6.22. The summed E-state index contributed by atoms with van der Waals surface area (Å²) in [5.41, 5.74) is 2.25. The summed E-state index contributed by atoms with van der Waals surface area (Å²) in [6.07, 6.45) is 6.66. The lowest BCUT2D eigenvalue weighted by molar-refractivity contribution is -0.132. The zero-order valence-corrected chi connectivity index (χ0v) is 11.2. The maximum atomic E-state index is 11.9. The number of nitrogens with zero attached hydrogens (tertiary/aromatic N) is 3. The van der Waals surface area contributed by atoms with Gasteiger partial charge in [0.25, 0.3) is 0 Å². The first kappa shape index (κ1) is 12.2. The van der Waals surface area contributed by atoms with Crippen molar-refractivity contribution in [3.8, 4) is 0 Å². The normalized spacial score (nSPS) is 19.8. The van der Waals surface area contributed by atoms with Crippen LogP contribution in [0.15, 0.2) is 30.6 Å². The van der Waals surface area contributed by atoms with Gasteiger partial charge in [0.2, 0.25) is 5.91 Å². The minimum absolute atomic E-state index is 0.266. The van der Waals surface area contributed by atoms with Crippen LogP contribution >= 0.6 is 0 Å². The minimum Gasteiger partial charge on any atom is -0.342 e. The predicted molar refractivity (Wildman–Crippen MR) is 74.0 cm³/mol. The Balaban J connectivity index is 1.89. The van der Waals surface area contributed by atoms with E-state index >= 15 is 0 Å². The van der Waals surface area contributed by atoms with Gasteiger partial charge in [-0.2, -0.15) is 0 Å². The second-order valence-corrected chi connectivity index (χ2v) is 5.14. The summed E-state index contributed by atoms with van der Waals surface area (Å²) in [6.45, 7) is 3.68. The number of hydrogen-bond acceptors (Lipinski definition) is 2. The highest BCUT2D eigenvalue weighted by Crippen LogP contribution is 2.27. The molecule has 1 atom stereocenters. The Labute approximate surface area is 113 Å². The maximum Gasteiger partial charge on any atom is 0.222 e. The smallest absolute Gasteiger partial charge is 0.222 e. The van der Waals surface area contributed by atoms with Crippen LogP contribution in [0.4, 0.5) is 0 Å². The van der Waals surface area contributed by atoms with Gasteiger partial charge in [0.15, 0.2) is 0 Å². The lowest BCUT2D eigenvalue weighted by Crippen LogP contribution is -2.39. The average molecular weight is 257 g/mol.